The topological polar surface area (TPSA) is 79.9 Å². The molecule has 2 amide bonds. The van der Waals surface area contributed by atoms with E-state index in [9.17, 15) is 9.59 Å². The number of nitrogens with zero attached hydrogens (tertiary/aromatic N) is 1. The molecule has 0 spiro atoms. The number of para-hydroxylation sites is 1. The normalized spacial score (nSPS) is 13.7. The Morgan fingerprint density at radius 3 is 2.59 bits per heavy atom. The Morgan fingerprint density at radius 1 is 1.06 bits per heavy atom. The first-order valence-electron chi connectivity index (χ1n) is 11.8. The van der Waals surface area contributed by atoms with Crippen LogP contribution in [0, 0.1) is 0 Å². The third kappa shape index (κ3) is 7.27. The van der Waals surface area contributed by atoms with Crippen molar-refractivity contribution >= 4 is 34.8 Å². The van der Waals surface area contributed by atoms with Gasteiger partial charge in [0.15, 0.2) is 5.11 Å². The first-order chi connectivity index (χ1) is 16.5. The summed E-state index contributed by atoms with van der Waals surface area (Å²) in [5, 5.41) is 5.82. The van der Waals surface area contributed by atoms with E-state index in [1.54, 1.807) is 36.4 Å². The standard InChI is InChI=1S/C26H33N3O4S/c1-3-32-16-17-33-21-13-9-10-19(18-21)24(30)28-26(34)27-23-15-8-7-14-22(23)25(31)29(2)20-11-5-4-6-12-20/h7-10,13-15,18,20H,3-6,11-12,16-17H2,1-2H3,(H2,27,28,30,34). The predicted molar refractivity (Wildman–Crippen MR) is 138 cm³/mol. The minimum absolute atomic E-state index is 0.0546. The molecular weight excluding hydrogens is 450 g/mol. The first kappa shape index (κ1) is 25.6. The van der Waals surface area contributed by atoms with Crippen LogP contribution >= 0.6 is 12.2 Å². The Labute approximate surface area is 206 Å². The fourth-order valence-corrected chi connectivity index (χ4v) is 4.22. The van der Waals surface area contributed by atoms with Gasteiger partial charge >= 0.3 is 0 Å². The summed E-state index contributed by atoms with van der Waals surface area (Å²) in [5.74, 6) is 0.157. The van der Waals surface area contributed by atoms with Gasteiger partial charge in [-0.05, 0) is 62.3 Å². The summed E-state index contributed by atoms with van der Waals surface area (Å²) in [4.78, 5) is 27.7. The molecule has 1 fully saturated rings. The number of carbonyl (C=O) groups excluding carboxylic acids is 2. The van der Waals surface area contributed by atoms with Crippen molar-refractivity contribution in [2.24, 2.45) is 0 Å². The zero-order valence-corrected chi connectivity index (χ0v) is 20.7. The number of carbonyl (C=O) groups is 2. The number of ether oxygens (including phenoxy) is 2. The van der Waals surface area contributed by atoms with Gasteiger partial charge in [-0.3, -0.25) is 14.9 Å². The van der Waals surface area contributed by atoms with Crippen LogP contribution in [-0.4, -0.2) is 54.7 Å². The van der Waals surface area contributed by atoms with E-state index in [1.165, 1.54) is 6.42 Å². The number of benzene rings is 2. The summed E-state index contributed by atoms with van der Waals surface area (Å²) < 4.78 is 10.9. The molecule has 1 aliphatic carbocycles. The van der Waals surface area contributed by atoms with E-state index in [2.05, 4.69) is 10.6 Å². The highest BCUT2D eigenvalue weighted by Crippen LogP contribution is 2.25. The smallest absolute Gasteiger partial charge is 0.257 e. The van der Waals surface area contributed by atoms with Gasteiger partial charge in [-0.2, -0.15) is 0 Å². The highest BCUT2D eigenvalue weighted by molar-refractivity contribution is 7.80. The summed E-state index contributed by atoms with van der Waals surface area (Å²) >= 11 is 5.37. The maximum absolute atomic E-state index is 13.2. The van der Waals surface area contributed by atoms with Crippen LogP contribution < -0.4 is 15.4 Å². The molecule has 2 aromatic carbocycles. The maximum atomic E-state index is 13.2. The Kier molecular flexibility index (Phi) is 9.85. The Balaban J connectivity index is 1.61. The summed E-state index contributed by atoms with van der Waals surface area (Å²) in [6.45, 7) is 3.43. The molecule has 2 aromatic rings. The van der Waals surface area contributed by atoms with Gasteiger partial charge < -0.3 is 19.7 Å². The van der Waals surface area contributed by atoms with Crippen molar-refractivity contribution in [1.82, 2.24) is 10.2 Å². The van der Waals surface area contributed by atoms with Gasteiger partial charge in [-0.25, -0.2) is 0 Å². The molecule has 182 valence electrons. The zero-order valence-electron chi connectivity index (χ0n) is 19.8. The minimum Gasteiger partial charge on any atom is -0.491 e. The van der Waals surface area contributed by atoms with Crippen LogP contribution in [0.4, 0.5) is 5.69 Å². The summed E-state index contributed by atoms with van der Waals surface area (Å²) in [7, 11) is 1.86. The molecule has 34 heavy (non-hydrogen) atoms. The zero-order chi connectivity index (χ0) is 24.3. The summed E-state index contributed by atoms with van der Waals surface area (Å²) in [6.07, 6.45) is 5.59. The van der Waals surface area contributed by atoms with Crippen molar-refractivity contribution in [2.45, 2.75) is 45.1 Å². The molecule has 0 atom stereocenters. The van der Waals surface area contributed by atoms with Crippen molar-refractivity contribution in [1.29, 1.82) is 0 Å². The van der Waals surface area contributed by atoms with Crippen molar-refractivity contribution < 1.29 is 19.1 Å². The molecule has 8 heteroatoms. The lowest BCUT2D eigenvalue weighted by Crippen LogP contribution is -2.39. The highest BCUT2D eigenvalue weighted by Gasteiger charge is 2.24. The van der Waals surface area contributed by atoms with Crippen molar-refractivity contribution in [2.75, 3.05) is 32.2 Å². The van der Waals surface area contributed by atoms with Crippen molar-refractivity contribution in [3.05, 3.63) is 59.7 Å². The van der Waals surface area contributed by atoms with Gasteiger partial charge in [0.05, 0.1) is 17.9 Å². The number of rotatable bonds is 9. The largest absolute Gasteiger partial charge is 0.491 e. The van der Waals surface area contributed by atoms with Crippen LogP contribution in [0.2, 0.25) is 0 Å². The Morgan fingerprint density at radius 2 is 1.82 bits per heavy atom. The third-order valence-electron chi connectivity index (χ3n) is 5.87. The second-order valence-corrected chi connectivity index (χ2v) is 8.64. The van der Waals surface area contributed by atoms with E-state index in [-0.39, 0.29) is 23.0 Å². The number of thiocarbonyl (C=S) groups is 1. The maximum Gasteiger partial charge on any atom is 0.257 e. The lowest BCUT2D eigenvalue weighted by Gasteiger charge is -2.31. The van der Waals surface area contributed by atoms with Gasteiger partial charge in [0.2, 0.25) is 0 Å². The van der Waals surface area contributed by atoms with Crippen LogP contribution in [-0.2, 0) is 4.74 Å². The molecule has 2 N–H and O–H groups in total. The quantitative estimate of drug-likeness (QED) is 0.400. The van der Waals surface area contributed by atoms with Gasteiger partial charge in [0.25, 0.3) is 11.8 Å². The monoisotopic (exact) mass is 483 g/mol. The number of amides is 2. The van der Waals surface area contributed by atoms with Crippen LogP contribution in [0.3, 0.4) is 0 Å². The second kappa shape index (κ2) is 13.1. The molecule has 1 saturated carbocycles. The third-order valence-corrected chi connectivity index (χ3v) is 6.08. The van der Waals surface area contributed by atoms with E-state index in [1.807, 2.05) is 31.0 Å². The highest BCUT2D eigenvalue weighted by atomic mass is 32.1. The number of nitrogens with one attached hydrogen (secondary N) is 2. The molecule has 0 heterocycles. The predicted octanol–water partition coefficient (Wildman–Crippen LogP) is 4.63. The fourth-order valence-electron chi connectivity index (χ4n) is 4.02. The van der Waals surface area contributed by atoms with Crippen molar-refractivity contribution in [3.63, 3.8) is 0 Å². The fraction of sp³-hybridized carbons (Fsp3) is 0.423. The van der Waals surface area contributed by atoms with Gasteiger partial charge in [0, 0.05) is 25.3 Å². The Hall–Kier alpha value is -2.97. The second-order valence-electron chi connectivity index (χ2n) is 8.23. The molecule has 0 saturated heterocycles. The van der Waals surface area contributed by atoms with Crippen LogP contribution in [0.25, 0.3) is 0 Å². The Bertz CT molecular complexity index is 992. The van der Waals surface area contributed by atoms with Crippen LogP contribution in [0.5, 0.6) is 5.75 Å². The minimum atomic E-state index is -0.365. The average Bonchev–Trinajstić information content (AvgIpc) is 2.86. The lowest BCUT2D eigenvalue weighted by molar-refractivity contribution is 0.0697. The van der Waals surface area contributed by atoms with E-state index in [0.717, 1.165) is 25.7 Å². The van der Waals surface area contributed by atoms with Gasteiger partial charge in [0.1, 0.15) is 12.4 Å². The molecule has 7 nitrogen and oxygen atoms in total. The van der Waals surface area contributed by atoms with Gasteiger partial charge in [-0.1, -0.05) is 37.5 Å². The molecule has 0 radical (unpaired) electrons. The SMILES string of the molecule is CCOCCOc1cccc(C(=O)NC(=S)Nc2ccccc2C(=O)N(C)C2CCCCC2)c1. The van der Waals surface area contributed by atoms with E-state index in [0.29, 0.717) is 42.4 Å². The van der Waals surface area contributed by atoms with E-state index < -0.39 is 0 Å². The van der Waals surface area contributed by atoms with Crippen molar-refractivity contribution in [3.8, 4) is 5.75 Å². The van der Waals surface area contributed by atoms with Crippen LogP contribution in [0.15, 0.2) is 48.5 Å². The average molecular weight is 484 g/mol. The van der Waals surface area contributed by atoms with Gasteiger partial charge in [-0.15, -0.1) is 0 Å². The van der Waals surface area contributed by atoms with E-state index >= 15 is 0 Å². The molecule has 3 rings (SSSR count). The summed E-state index contributed by atoms with van der Waals surface area (Å²) in [6, 6.07) is 14.3. The summed E-state index contributed by atoms with van der Waals surface area (Å²) in [5.41, 5.74) is 1.50. The lowest BCUT2D eigenvalue weighted by atomic mass is 9.94. The number of anilines is 1. The molecular formula is C26H33N3O4S. The molecule has 0 unspecified atom stereocenters. The first-order valence-corrected chi connectivity index (χ1v) is 12.2. The van der Waals surface area contributed by atoms with E-state index in [4.69, 9.17) is 21.7 Å². The van der Waals surface area contributed by atoms with Crippen LogP contribution in [0.1, 0.15) is 59.7 Å². The molecule has 0 bridgehead atoms. The number of hydrogen-bond acceptors (Lipinski definition) is 5. The number of hydrogen-bond donors (Lipinski definition) is 2. The molecule has 0 aliphatic heterocycles. The molecule has 1 aliphatic rings. The molecule has 0 aromatic heterocycles.